The van der Waals surface area contributed by atoms with Gasteiger partial charge in [-0.2, -0.15) is 0 Å². The molecule has 2 N–H and O–H groups in total. The number of amides is 1. The first-order valence-electron chi connectivity index (χ1n) is 6.86. The Morgan fingerprint density at radius 1 is 1.45 bits per heavy atom. The van der Waals surface area contributed by atoms with Crippen molar-refractivity contribution < 1.29 is 4.79 Å². The summed E-state index contributed by atoms with van der Waals surface area (Å²) in [7, 11) is 0. The van der Waals surface area contributed by atoms with Crippen molar-refractivity contribution in [3.8, 4) is 0 Å². The first kappa shape index (κ1) is 17.3. The molecule has 112 valence electrons. The molecule has 0 radical (unpaired) electrons. The Labute approximate surface area is 131 Å². The van der Waals surface area contributed by atoms with Crippen LogP contribution in [0.25, 0.3) is 0 Å². The molecule has 1 heterocycles. The van der Waals surface area contributed by atoms with Crippen LogP contribution >= 0.6 is 24.0 Å². The summed E-state index contributed by atoms with van der Waals surface area (Å²) in [5.74, 6) is 0.615. The van der Waals surface area contributed by atoms with E-state index in [-0.39, 0.29) is 24.4 Å². The lowest BCUT2D eigenvalue weighted by Crippen LogP contribution is -2.51. The van der Waals surface area contributed by atoms with Gasteiger partial charge in [-0.05, 0) is 30.4 Å². The number of hydrogen-bond donors (Lipinski definition) is 1. The van der Waals surface area contributed by atoms with Crippen LogP contribution in [0.2, 0.25) is 5.02 Å². The van der Waals surface area contributed by atoms with Crippen LogP contribution in [0.4, 0.5) is 0 Å². The van der Waals surface area contributed by atoms with Gasteiger partial charge in [-0.1, -0.05) is 36.7 Å². The monoisotopic (exact) mass is 316 g/mol. The van der Waals surface area contributed by atoms with Crippen molar-refractivity contribution >= 4 is 29.9 Å². The van der Waals surface area contributed by atoms with Crippen molar-refractivity contribution in [1.82, 2.24) is 4.90 Å². The summed E-state index contributed by atoms with van der Waals surface area (Å²) in [6.07, 6.45) is 2.58. The first-order chi connectivity index (χ1) is 9.13. The summed E-state index contributed by atoms with van der Waals surface area (Å²) in [5, 5.41) is 0.658. The maximum Gasteiger partial charge on any atom is 0.227 e. The van der Waals surface area contributed by atoms with E-state index in [0.717, 1.165) is 24.9 Å². The zero-order chi connectivity index (χ0) is 13.8. The molecule has 2 atom stereocenters. The van der Waals surface area contributed by atoms with Gasteiger partial charge in [0.25, 0.3) is 0 Å². The lowest BCUT2D eigenvalue weighted by atomic mass is 9.90. The quantitative estimate of drug-likeness (QED) is 0.932. The van der Waals surface area contributed by atoms with Crippen LogP contribution < -0.4 is 5.73 Å². The second-order valence-corrected chi connectivity index (χ2v) is 5.69. The van der Waals surface area contributed by atoms with Gasteiger partial charge in [0.1, 0.15) is 0 Å². The number of nitrogens with zero attached hydrogens (tertiary/aromatic N) is 1. The lowest BCUT2D eigenvalue weighted by Gasteiger charge is -2.39. The molecule has 0 bridgehead atoms. The number of hydrogen-bond acceptors (Lipinski definition) is 2. The molecule has 0 saturated carbocycles. The average Bonchev–Trinajstić information content (AvgIpc) is 2.41. The standard InChI is InChI=1S/C15H21ClN2O.ClH/c1-11-5-4-8-18(14(11)10-17)15(19)9-12-6-2-3-7-13(12)16;/h2-3,6-7,11,14H,4-5,8-10,17H2,1H3;1H. The molecule has 1 amide bonds. The fraction of sp³-hybridized carbons (Fsp3) is 0.533. The smallest absolute Gasteiger partial charge is 0.227 e. The molecule has 1 saturated heterocycles. The van der Waals surface area contributed by atoms with E-state index in [0.29, 0.717) is 23.9 Å². The Balaban J connectivity index is 0.00000200. The number of halogens is 2. The number of nitrogens with two attached hydrogens (primary N) is 1. The second kappa shape index (κ2) is 7.87. The van der Waals surface area contributed by atoms with E-state index in [1.165, 1.54) is 0 Å². The molecule has 0 aromatic heterocycles. The maximum atomic E-state index is 12.4. The molecular weight excluding hydrogens is 295 g/mol. The number of carbonyl (C=O) groups is 1. The van der Waals surface area contributed by atoms with Crippen molar-refractivity contribution in [2.75, 3.05) is 13.1 Å². The molecule has 1 aromatic rings. The molecule has 20 heavy (non-hydrogen) atoms. The third kappa shape index (κ3) is 3.87. The highest BCUT2D eigenvalue weighted by Crippen LogP contribution is 2.24. The molecule has 1 fully saturated rings. The molecule has 1 aromatic carbocycles. The van der Waals surface area contributed by atoms with Crippen LogP contribution in [0, 0.1) is 5.92 Å². The van der Waals surface area contributed by atoms with Crippen LogP contribution in [0.15, 0.2) is 24.3 Å². The van der Waals surface area contributed by atoms with Crippen molar-refractivity contribution in [3.05, 3.63) is 34.9 Å². The molecule has 0 spiro atoms. The van der Waals surface area contributed by atoms with Gasteiger partial charge in [-0.15, -0.1) is 12.4 Å². The minimum atomic E-state index is 0. The average molecular weight is 317 g/mol. The van der Waals surface area contributed by atoms with E-state index < -0.39 is 0 Å². The minimum Gasteiger partial charge on any atom is -0.338 e. The Bertz CT molecular complexity index is 453. The predicted molar refractivity (Wildman–Crippen MR) is 85.4 cm³/mol. The summed E-state index contributed by atoms with van der Waals surface area (Å²) in [6.45, 7) is 3.53. The van der Waals surface area contributed by atoms with Crippen molar-refractivity contribution in [2.24, 2.45) is 11.7 Å². The number of piperidine rings is 1. The van der Waals surface area contributed by atoms with E-state index in [1.54, 1.807) is 0 Å². The highest BCUT2D eigenvalue weighted by Gasteiger charge is 2.30. The Morgan fingerprint density at radius 3 is 2.80 bits per heavy atom. The third-order valence-electron chi connectivity index (χ3n) is 3.98. The Kier molecular flexibility index (Phi) is 6.80. The second-order valence-electron chi connectivity index (χ2n) is 5.28. The highest BCUT2D eigenvalue weighted by molar-refractivity contribution is 6.31. The summed E-state index contributed by atoms with van der Waals surface area (Å²) < 4.78 is 0. The van der Waals surface area contributed by atoms with E-state index in [4.69, 9.17) is 17.3 Å². The molecule has 0 aliphatic carbocycles. The van der Waals surface area contributed by atoms with Crippen LogP contribution in [-0.4, -0.2) is 29.9 Å². The summed E-state index contributed by atoms with van der Waals surface area (Å²) >= 11 is 6.11. The molecule has 2 unspecified atom stereocenters. The van der Waals surface area contributed by atoms with Gasteiger partial charge in [-0.25, -0.2) is 0 Å². The van der Waals surface area contributed by atoms with Crippen LogP contribution in [0.1, 0.15) is 25.3 Å². The molecule has 3 nitrogen and oxygen atoms in total. The summed E-state index contributed by atoms with van der Waals surface area (Å²) in [4.78, 5) is 14.4. The minimum absolute atomic E-state index is 0. The number of benzene rings is 1. The topological polar surface area (TPSA) is 46.3 Å². The zero-order valence-electron chi connectivity index (χ0n) is 11.7. The van der Waals surface area contributed by atoms with Crippen LogP contribution in [0.5, 0.6) is 0 Å². The van der Waals surface area contributed by atoms with E-state index in [2.05, 4.69) is 6.92 Å². The number of carbonyl (C=O) groups excluding carboxylic acids is 1. The highest BCUT2D eigenvalue weighted by atomic mass is 35.5. The summed E-state index contributed by atoms with van der Waals surface area (Å²) in [6, 6.07) is 7.69. The normalized spacial score (nSPS) is 22.2. The number of rotatable bonds is 3. The maximum absolute atomic E-state index is 12.4. The largest absolute Gasteiger partial charge is 0.338 e. The Morgan fingerprint density at radius 2 is 2.15 bits per heavy atom. The first-order valence-corrected chi connectivity index (χ1v) is 7.24. The molecule has 1 aliphatic rings. The lowest BCUT2D eigenvalue weighted by molar-refractivity contribution is -0.135. The van der Waals surface area contributed by atoms with E-state index in [9.17, 15) is 4.79 Å². The molecular formula is C15H22Cl2N2O. The van der Waals surface area contributed by atoms with Gasteiger partial charge >= 0.3 is 0 Å². The van der Waals surface area contributed by atoms with Crippen LogP contribution in [-0.2, 0) is 11.2 Å². The van der Waals surface area contributed by atoms with E-state index in [1.807, 2.05) is 29.2 Å². The van der Waals surface area contributed by atoms with Crippen LogP contribution in [0.3, 0.4) is 0 Å². The van der Waals surface area contributed by atoms with Gasteiger partial charge < -0.3 is 10.6 Å². The van der Waals surface area contributed by atoms with Gasteiger partial charge in [0.05, 0.1) is 6.42 Å². The third-order valence-corrected chi connectivity index (χ3v) is 4.35. The molecule has 5 heteroatoms. The predicted octanol–water partition coefficient (Wildman–Crippen LogP) is 2.89. The Hall–Kier alpha value is -0.770. The fourth-order valence-corrected chi connectivity index (χ4v) is 3.03. The molecule has 1 aliphatic heterocycles. The molecule has 2 rings (SSSR count). The van der Waals surface area contributed by atoms with Crippen molar-refractivity contribution in [3.63, 3.8) is 0 Å². The van der Waals surface area contributed by atoms with Crippen molar-refractivity contribution in [1.29, 1.82) is 0 Å². The fourth-order valence-electron chi connectivity index (χ4n) is 2.82. The number of likely N-dealkylation sites (tertiary alicyclic amines) is 1. The van der Waals surface area contributed by atoms with Gasteiger partial charge in [0.15, 0.2) is 0 Å². The zero-order valence-corrected chi connectivity index (χ0v) is 13.3. The van der Waals surface area contributed by atoms with Gasteiger partial charge in [0, 0.05) is 24.2 Å². The SMILES string of the molecule is CC1CCCN(C(=O)Cc2ccccc2Cl)C1CN.Cl. The van der Waals surface area contributed by atoms with Gasteiger partial charge in [0.2, 0.25) is 5.91 Å². The van der Waals surface area contributed by atoms with E-state index >= 15 is 0 Å². The van der Waals surface area contributed by atoms with Crippen molar-refractivity contribution in [2.45, 2.75) is 32.2 Å². The van der Waals surface area contributed by atoms with Gasteiger partial charge in [-0.3, -0.25) is 4.79 Å². The summed E-state index contributed by atoms with van der Waals surface area (Å²) in [5.41, 5.74) is 6.72.